The third kappa shape index (κ3) is 4.63. The number of ether oxygens (including phenoxy) is 1. The molecule has 0 fully saturated rings. The summed E-state index contributed by atoms with van der Waals surface area (Å²) in [4.78, 5) is 11.5. The molecule has 0 aliphatic rings. The molecule has 2 aromatic rings. The van der Waals surface area contributed by atoms with Crippen molar-refractivity contribution in [1.82, 2.24) is 0 Å². The van der Waals surface area contributed by atoms with Crippen molar-refractivity contribution in [3.05, 3.63) is 35.1 Å². The third-order valence-corrected chi connectivity index (χ3v) is 12.7. The number of primary amides is 1. The molecule has 1 amide bonds. The highest BCUT2D eigenvalue weighted by molar-refractivity contribution is 6.90. The number of carbonyl (C=O) groups is 1. The largest absolute Gasteiger partial charge is 0.507 e. The number of nitrogens with two attached hydrogens (primary N) is 1. The molecule has 0 saturated heterocycles. The van der Waals surface area contributed by atoms with E-state index in [1.54, 1.807) is 6.07 Å². The third-order valence-electron chi connectivity index (χ3n) is 6.42. The van der Waals surface area contributed by atoms with E-state index in [0.717, 1.165) is 0 Å². The van der Waals surface area contributed by atoms with Crippen molar-refractivity contribution in [2.24, 2.45) is 5.73 Å². The molecule has 32 heavy (non-hydrogen) atoms. The minimum atomic E-state index is -2.12. The summed E-state index contributed by atoms with van der Waals surface area (Å²) >= 11 is 0. The molecule has 0 saturated carbocycles. The van der Waals surface area contributed by atoms with E-state index < -0.39 is 25.4 Å². The van der Waals surface area contributed by atoms with Gasteiger partial charge in [0, 0.05) is 17.0 Å². The van der Waals surface area contributed by atoms with Crippen molar-refractivity contribution in [2.45, 2.75) is 84.4 Å². The maximum Gasteiger partial charge on any atom is 0.409 e. The average molecular weight is 458 g/mol. The minimum absolute atomic E-state index is 0.163. The summed E-state index contributed by atoms with van der Waals surface area (Å²) in [6, 6.07) is 4.29. The summed E-state index contributed by atoms with van der Waals surface area (Å²) in [5.74, 6) is 2.65. The lowest BCUT2D eigenvalue weighted by atomic mass is 9.82. The number of amides is 1. The van der Waals surface area contributed by atoms with E-state index in [1.807, 2.05) is 20.8 Å². The van der Waals surface area contributed by atoms with Gasteiger partial charge in [0.05, 0.1) is 5.56 Å². The Morgan fingerprint density at radius 1 is 1.09 bits per heavy atom. The van der Waals surface area contributed by atoms with E-state index in [-0.39, 0.29) is 17.1 Å². The molecule has 174 valence electrons. The van der Waals surface area contributed by atoms with Gasteiger partial charge in [-0.25, -0.2) is 9.18 Å². The van der Waals surface area contributed by atoms with Gasteiger partial charge in [0.2, 0.25) is 0 Å². The molecule has 0 aliphatic heterocycles. The predicted octanol–water partition coefficient (Wildman–Crippen LogP) is 7.01. The lowest BCUT2D eigenvalue weighted by Gasteiger charge is -2.38. The zero-order chi connectivity index (χ0) is 24.6. The molecule has 6 heteroatoms. The van der Waals surface area contributed by atoms with Crippen LogP contribution >= 0.6 is 0 Å². The molecule has 2 rings (SSSR count). The standard InChI is InChI=1S/C26H36FNO3Si/c1-15(2)32(16(3)4,17(5)6)13-12-18-20(27)11-10-19-23(18)21(29)14-22(31-25(28)30)24(19)26(7,8)9/h10-11,14-17,29H,1-9H3,(H2,28,30). The molecule has 0 unspecified atom stereocenters. The SMILES string of the molecule is CC(C)[Si](C#Cc1c(F)ccc2c(C(C)(C)C)c(OC(N)=O)cc(O)c12)(C(C)C)C(C)C. The molecule has 2 aromatic carbocycles. The molecule has 0 bridgehead atoms. The first kappa shape index (κ1) is 25.7. The molecular weight excluding hydrogens is 421 g/mol. The Morgan fingerprint density at radius 2 is 1.62 bits per heavy atom. The van der Waals surface area contributed by atoms with Crippen LogP contribution in [0, 0.1) is 17.3 Å². The first-order valence-electron chi connectivity index (χ1n) is 11.1. The first-order valence-corrected chi connectivity index (χ1v) is 13.4. The number of phenolic OH excluding ortho intramolecular Hbond substituents is 1. The fourth-order valence-corrected chi connectivity index (χ4v) is 10.3. The van der Waals surface area contributed by atoms with Gasteiger partial charge >= 0.3 is 6.09 Å². The average Bonchev–Trinajstić information content (AvgIpc) is 2.61. The number of fused-ring (bicyclic) bond motifs is 1. The van der Waals surface area contributed by atoms with Crippen LogP contribution in [-0.4, -0.2) is 19.3 Å². The van der Waals surface area contributed by atoms with Gasteiger partial charge in [-0.2, -0.15) is 0 Å². The van der Waals surface area contributed by atoms with Gasteiger partial charge < -0.3 is 15.6 Å². The van der Waals surface area contributed by atoms with E-state index in [9.17, 15) is 9.90 Å². The van der Waals surface area contributed by atoms with Gasteiger partial charge in [0.1, 0.15) is 25.4 Å². The summed E-state index contributed by atoms with van der Waals surface area (Å²) < 4.78 is 20.3. The van der Waals surface area contributed by atoms with Gasteiger partial charge in [0.15, 0.2) is 0 Å². The summed E-state index contributed by atoms with van der Waals surface area (Å²) in [7, 11) is -2.12. The number of phenols is 1. The maximum absolute atomic E-state index is 15.1. The summed E-state index contributed by atoms with van der Waals surface area (Å²) in [5.41, 5.74) is 10.3. The van der Waals surface area contributed by atoms with Crippen molar-refractivity contribution < 1.29 is 19.0 Å². The van der Waals surface area contributed by atoms with Crippen molar-refractivity contribution in [3.8, 4) is 23.0 Å². The van der Waals surface area contributed by atoms with Crippen molar-refractivity contribution in [1.29, 1.82) is 0 Å². The van der Waals surface area contributed by atoms with Gasteiger partial charge in [-0.3, -0.25) is 0 Å². The van der Waals surface area contributed by atoms with Crippen LogP contribution in [0.1, 0.15) is 73.4 Å². The normalized spacial score (nSPS) is 12.4. The van der Waals surface area contributed by atoms with Crippen molar-refractivity contribution in [2.75, 3.05) is 0 Å². The highest BCUT2D eigenvalue weighted by Crippen LogP contribution is 2.44. The topological polar surface area (TPSA) is 72.5 Å². The number of hydrogen-bond donors (Lipinski definition) is 2. The minimum Gasteiger partial charge on any atom is -0.507 e. The van der Waals surface area contributed by atoms with Crippen LogP contribution in [0.3, 0.4) is 0 Å². The molecule has 3 N–H and O–H groups in total. The highest BCUT2D eigenvalue weighted by atomic mass is 28.3. The number of hydrogen-bond acceptors (Lipinski definition) is 3. The lowest BCUT2D eigenvalue weighted by Crippen LogP contribution is -2.43. The number of benzene rings is 2. The lowest BCUT2D eigenvalue weighted by molar-refractivity contribution is 0.210. The zero-order valence-electron chi connectivity index (χ0n) is 20.7. The smallest absolute Gasteiger partial charge is 0.409 e. The molecule has 0 radical (unpaired) electrons. The Morgan fingerprint density at radius 3 is 2.06 bits per heavy atom. The van der Waals surface area contributed by atoms with Gasteiger partial charge in [-0.05, 0) is 33.5 Å². The molecule has 0 atom stereocenters. The van der Waals surface area contributed by atoms with Crippen molar-refractivity contribution in [3.63, 3.8) is 0 Å². The fourth-order valence-electron chi connectivity index (χ4n) is 5.14. The summed E-state index contributed by atoms with van der Waals surface area (Å²) in [6.45, 7) is 19.0. The van der Waals surface area contributed by atoms with E-state index in [1.165, 1.54) is 12.1 Å². The molecular formula is C26H36FNO3Si. The second kappa shape index (κ2) is 9.15. The Kier molecular flexibility index (Phi) is 7.36. The van der Waals surface area contributed by atoms with E-state index in [4.69, 9.17) is 10.5 Å². The first-order chi connectivity index (χ1) is 14.6. The van der Waals surface area contributed by atoms with Crippen LogP contribution in [-0.2, 0) is 5.41 Å². The highest BCUT2D eigenvalue weighted by Gasteiger charge is 2.41. The predicted molar refractivity (Wildman–Crippen MR) is 132 cm³/mol. The number of aromatic hydroxyl groups is 1. The van der Waals surface area contributed by atoms with Crippen LogP contribution in [0.25, 0.3) is 10.8 Å². The molecule has 0 aliphatic carbocycles. The van der Waals surface area contributed by atoms with Gasteiger partial charge in [0.25, 0.3) is 0 Å². The van der Waals surface area contributed by atoms with Gasteiger partial charge in [-0.1, -0.05) is 74.3 Å². The second-order valence-corrected chi connectivity index (χ2v) is 16.0. The molecule has 0 heterocycles. The molecule has 0 aromatic heterocycles. The Balaban J connectivity index is 2.97. The van der Waals surface area contributed by atoms with Crippen LogP contribution < -0.4 is 10.5 Å². The zero-order valence-corrected chi connectivity index (χ0v) is 21.7. The van der Waals surface area contributed by atoms with E-state index >= 15 is 4.39 Å². The molecule has 0 spiro atoms. The summed E-state index contributed by atoms with van der Waals surface area (Å²) in [5, 5.41) is 11.8. The van der Waals surface area contributed by atoms with Gasteiger partial charge in [-0.15, -0.1) is 5.54 Å². The van der Waals surface area contributed by atoms with E-state index in [2.05, 4.69) is 53.0 Å². The maximum atomic E-state index is 15.1. The Hall–Kier alpha value is -2.52. The van der Waals surface area contributed by atoms with Crippen LogP contribution in [0.4, 0.5) is 9.18 Å². The number of rotatable bonds is 4. The van der Waals surface area contributed by atoms with Crippen molar-refractivity contribution >= 4 is 24.9 Å². The van der Waals surface area contributed by atoms with E-state index in [0.29, 0.717) is 33.0 Å². The number of halogens is 1. The monoisotopic (exact) mass is 457 g/mol. The Bertz CT molecular complexity index is 1070. The quantitative estimate of drug-likeness (QED) is 0.383. The van der Waals surface area contributed by atoms with Crippen LogP contribution in [0.15, 0.2) is 18.2 Å². The fraction of sp³-hybridized carbons (Fsp3) is 0.500. The molecule has 4 nitrogen and oxygen atoms in total. The summed E-state index contributed by atoms with van der Waals surface area (Å²) in [6.07, 6.45) is -0.974. The Labute approximate surface area is 192 Å². The number of carbonyl (C=O) groups excluding carboxylic acids is 1. The van der Waals surface area contributed by atoms with Crippen LogP contribution in [0.2, 0.25) is 16.6 Å². The second-order valence-electron chi connectivity index (χ2n) is 10.4. The van der Waals surface area contributed by atoms with Crippen LogP contribution in [0.5, 0.6) is 11.5 Å².